The average Bonchev–Trinajstić information content (AvgIpc) is 2.65. The predicted octanol–water partition coefficient (Wildman–Crippen LogP) is 0.277. The first-order valence-corrected chi connectivity index (χ1v) is 5.66. The minimum atomic E-state index is -0.998. The lowest BCUT2D eigenvalue weighted by Gasteiger charge is -2.03. The minimum absolute atomic E-state index is 0.333. The molecular weight excluding hydrogens is 218 g/mol. The molecule has 0 amide bonds. The van der Waals surface area contributed by atoms with Crippen molar-refractivity contribution < 1.29 is 14.3 Å². The quantitative estimate of drug-likeness (QED) is 0.724. The van der Waals surface area contributed by atoms with E-state index in [0.717, 1.165) is 0 Å². The van der Waals surface area contributed by atoms with E-state index in [9.17, 15) is 4.79 Å². The highest BCUT2D eigenvalue weighted by molar-refractivity contribution is 7.98. The van der Waals surface area contributed by atoms with Crippen LogP contribution in [0, 0.1) is 0 Å². The van der Waals surface area contributed by atoms with Crippen LogP contribution in [-0.4, -0.2) is 33.1 Å². The van der Waals surface area contributed by atoms with E-state index >= 15 is 0 Å². The Morgan fingerprint density at radius 1 is 1.60 bits per heavy atom. The number of carboxylic acid groups (broad SMARTS) is 1. The molecule has 0 radical (unpaired) electrons. The SMILES string of the molecule is CCc1nnc(CSC[C@H](N)C(=O)O)o1. The van der Waals surface area contributed by atoms with Crippen molar-refractivity contribution in [3.05, 3.63) is 11.8 Å². The van der Waals surface area contributed by atoms with Crippen LogP contribution in [0.25, 0.3) is 0 Å². The summed E-state index contributed by atoms with van der Waals surface area (Å²) in [5.74, 6) is 0.928. The molecule has 0 fully saturated rings. The summed E-state index contributed by atoms with van der Waals surface area (Å²) >= 11 is 1.36. The van der Waals surface area contributed by atoms with Gasteiger partial charge in [-0.1, -0.05) is 6.92 Å². The third-order valence-electron chi connectivity index (χ3n) is 1.65. The van der Waals surface area contributed by atoms with Gasteiger partial charge in [0.2, 0.25) is 11.8 Å². The van der Waals surface area contributed by atoms with Crippen molar-refractivity contribution in [3.63, 3.8) is 0 Å². The van der Waals surface area contributed by atoms with Gasteiger partial charge in [-0.3, -0.25) is 4.79 Å². The van der Waals surface area contributed by atoms with Crippen LogP contribution in [-0.2, 0) is 17.0 Å². The number of nitrogens with zero attached hydrogens (tertiary/aromatic N) is 2. The van der Waals surface area contributed by atoms with Crippen molar-refractivity contribution in [3.8, 4) is 0 Å². The summed E-state index contributed by atoms with van der Waals surface area (Å²) in [4.78, 5) is 10.4. The van der Waals surface area contributed by atoms with Gasteiger partial charge in [-0.2, -0.15) is 0 Å². The maximum Gasteiger partial charge on any atom is 0.321 e. The van der Waals surface area contributed by atoms with Crippen LogP contribution in [0.2, 0.25) is 0 Å². The molecule has 6 nitrogen and oxygen atoms in total. The van der Waals surface area contributed by atoms with Crippen LogP contribution in [0.5, 0.6) is 0 Å². The Labute approximate surface area is 91.2 Å². The average molecular weight is 231 g/mol. The number of carboxylic acids is 1. The molecule has 0 saturated heterocycles. The highest BCUT2D eigenvalue weighted by atomic mass is 32.2. The van der Waals surface area contributed by atoms with Crippen molar-refractivity contribution in [2.75, 3.05) is 5.75 Å². The van der Waals surface area contributed by atoms with E-state index in [1.807, 2.05) is 6.92 Å². The number of aromatic nitrogens is 2. The van der Waals surface area contributed by atoms with E-state index in [-0.39, 0.29) is 0 Å². The van der Waals surface area contributed by atoms with Crippen molar-refractivity contribution in [2.45, 2.75) is 25.1 Å². The second-order valence-electron chi connectivity index (χ2n) is 2.90. The Morgan fingerprint density at radius 3 is 2.80 bits per heavy atom. The highest BCUT2D eigenvalue weighted by Gasteiger charge is 2.12. The van der Waals surface area contributed by atoms with Crippen LogP contribution in [0.15, 0.2) is 4.42 Å². The Balaban J connectivity index is 2.28. The minimum Gasteiger partial charge on any atom is -0.480 e. The summed E-state index contributed by atoms with van der Waals surface area (Å²) in [7, 11) is 0. The van der Waals surface area contributed by atoms with E-state index in [1.54, 1.807) is 0 Å². The topological polar surface area (TPSA) is 102 Å². The molecule has 0 bridgehead atoms. The molecular formula is C8H13N3O3S. The number of hydrogen-bond donors (Lipinski definition) is 2. The number of hydrogen-bond acceptors (Lipinski definition) is 6. The van der Waals surface area contributed by atoms with Crippen LogP contribution in [0.3, 0.4) is 0 Å². The molecule has 0 aromatic carbocycles. The van der Waals surface area contributed by atoms with E-state index in [0.29, 0.717) is 29.7 Å². The maximum absolute atomic E-state index is 10.4. The van der Waals surface area contributed by atoms with Gasteiger partial charge in [0.1, 0.15) is 6.04 Å². The Bertz CT molecular complexity index is 329. The van der Waals surface area contributed by atoms with Gasteiger partial charge in [-0.05, 0) is 0 Å². The summed E-state index contributed by atoms with van der Waals surface area (Å²) in [5.41, 5.74) is 5.32. The molecule has 0 aliphatic carbocycles. The first-order chi connectivity index (χ1) is 7.13. The van der Waals surface area contributed by atoms with Crippen molar-refractivity contribution in [2.24, 2.45) is 5.73 Å². The number of carbonyl (C=O) groups is 1. The molecule has 0 spiro atoms. The Hall–Kier alpha value is -1.08. The zero-order chi connectivity index (χ0) is 11.3. The molecule has 0 saturated carbocycles. The van der Waals surface area contributed by atoms with Crippen LogP contribution in [0.4, 0.5) is 0 Å². The van der Waals surface area contributed by atoms with Gasteiger partial charge >= 0.3 is 5.97 Å². The summed E-state index contributed by atoms with van der Waals surface area (Å²) in [5, 5.41) is 16.1. The van der Waals surface area contributed by atoms with Crippen LogP contribution < -0.4 is 5.73 Å². The smallest absolute Gasteiger partial charge is 0.321 e. The molecule has 1 atom stereocenters. The first kappa shape index (κ1) is 12.0. The normalized spacial score (nSPS) is 12.7. The summed E-state index contributed by atoms with van der Waals surface area (Å²) in [6.45, 7) is 1.92. The molecule has 1 aromatic rings. The third kappa shape index (κ3) is 3.88. The van der Waals surface area contributed by atoms with E-state index in [2.05, 4.69) is 10.2 Å². The number of rotatable bonds is 6. The number of aryl methyl sites for hydroxylation is 1. The van der Waals surface area contributed by atoms with Crippen LogP contribution >= 0.6 is 11.8 Å². The molecule has 15 heavy (non-hydrogen) atoms. The van der Waals surface area contributed by atoms with Crippen molar-refractivity contribution in [1.29, 1.82) is 0 Å². The molecule has 0 aliphatic rings. The molecule has 84 valence electrons. The molecule has 7 heteroatoms. The second kappa shape index (κ2) is 5.72. The number of nitrogens with two attached hydrogens (primary N) is 1. The maximum atomic E-state index is 10.4. The fourth-order valence-corrected chi connectivity index (χ4v) is 1.64. The molecule has 1 rings (SSSR count). The zero-order valence-electron chi connectivity index (χ0n) is 8.34. The van der Waals surface area contributed by atoms with Gasteiger partial charge in [0.05, 0.1) is 5.75 Å². The summed E-state index contributed by atoms with van der Waals surface area (Å²) < 4.78 is 5.24. The lowest BCUT2D eigenvalue weighted by molar-refractivity contribution is -0.137. The number of aliphatic carboxylic acids is 1. The lowest BCUT2D eigenvalue weighted by Crippen LogP contribution is -2.32. The molecule has 3 N–H and O–H groups in total. The molecule has 0 unspecified atom stereocenters. The van der Waals surface area contributed by atoms with Gasteiger partial charge in [-0.15, -0.1) is 22.0 Å². The second-order valence-corrected chi connectivity index (χ2v) is 3.93. The largest absolute Gasteiger partial charge is 0.480 e. The van der Waals surface area contributed by atoms with Gasteiger partial charge in [0.15, 0.2) is 0 Å². The summed E-state index contributed by atoms with van der Waals surface area (Å²) in [6.07, 6.45) is 0.701. The van der Waals surface area contributed by atoms with Crippen molar-refractivity contribution >= 4 is 17.7 Å². The van der Waals surface area contributed by atoms with E-state index in [1.165, 1.54) is 11.8 Å². The number of thioether (sulfide) groups is 1. The van der Waals surface area contributed by atoms with Gasteiger partial charge in [0.25, 0.3) is 0 Å². The van der Waals surface area contributed by atoms with Gasteiger partial charge in [0, 0.05) is 12.2 Å². The van der Waals surface area contributed by atoms with Crippen molar-refractivity contribution in [1.82, 2.24) is 10.2 Å². The zero-order valence-corrected chi connectivity index (χ0v) is 9.16. The Morgan fingerprint density at radius 2 is 2.27 bits per heavy atom. The standard InChI is InChI=1S/C8H13N3O3S/c1-2-6-10-11-7(14-6)4-15-3-5(9)8(12)13/h5H,2-4,9H2,1H3,(H,12,13)/t5-/m0/s1. The molecule has 1 heterocycles. The third-order valence-corrected chi connectivity index (χ3v) is 2.70. The predicted molar refractivity (Wildman–Crippen MR) is 55.4 cm³/mol. The fourth-order valence-electron chi connectivity index (χ4n) is 0.834. The Kier molecular flexibility index (Phi) is 4.57. The summed E-state index contributed by atoms with van der Waals surface area (Å²) in [6, 6.07) is -0.844. The van der Waals surface area contributed by atoms with Gasteiger partial charge < -0.3 is 15.3 Å². The molecule has 1 aromatic heterocycles. The van der Waals surface area contributed by atoms with Crippen LogP contribution in [0.1, 0.15) is 18.7 Å². The van der Waals surface area contributed by atoms with Gasteiger partial charge in [-0.25, -0.2) is 0 Å². The monoisotopic (exact) mass is 231 g/mol. The first-order valence-electron chi connectivity index (χ1n) is 4.51. The lowest BCUT2D eigenvalue weighted by atomic mass is 10.4. The fraction of sp³-hybridized carbons (Fsp3) is 0.625. The highest BCUT2D eigenvalue weighted by Crippen LogP contribution is 2.11. The van der Waals surface area contributed by atoms with E-state index in [4.69, 9.17) is 15.3 Å². The van der Waals surface area contributed by atoms with E-state index < -0.39 is 12.0 Å². The molecule has 0 aliphatic heterocycles.